The van der Waals surface area contributed by atoms with E-state index in [4.69, 9.17) is 4.74 Å². The highest BCUT2D eigenvalue weighted by atomic mass is 16.5. The lowest BCUT2D eigenvalue weighted by molar-refractivity contribution is 0.0946. The van der Waals surface area contributed by atoms with Crippen LogP contribution < -0.4 is 10.1 Å². The number of hydrogen-bond donors (Lipinski definition) is 1. The number of rotatable bonds is 6. The Bertz CT molecular complexity index is 630. The second-order valence-electron chi connectivity index (χ2n) is 5.72. The van der Waals surface area contributed by atoms with Gasteiger partial charge in [-0.15, -0.1) is 0 Å². The summed E-state index contributed by atoms with van der Waals surface area (Å²) in [7, 11) is 1.63. The van der Waals surface area contributed by atoms with Gasteiger partial charge < -0.3 is 10.1 Å². The minimum atomic E-state index is -0.129. The van der Waals surface area contributed by atoms with Gasteiger partial charge in [-0.3, -0.25) is 4.79 Å². The maximum Gasteiger partial charge on any atom is 0.271 e. The van der Waals surface area contributed by atoms with Crippen molar-refractivity contribution >= 4 is 5.91 Å². The van der Waals surface area contributed by atoms with E-state index in [1.54, 1.807) is 17.9 Å². The fourth-order valence-electron chi connectivity index (χ4n) is 2.14. The maximum atomic E-state index is 12.1. The van der Waals surface area contributed by atoms with Gasteiger partial charge in [0.05, 0.1) is 12.8 Å². The number of carbonyl (C=O) groups excluding carboxylic acids is 1. The van der Waals surface area contributed by atoms with E-state index in [0.717, 1.165) is 23.6 Å². The fourth-order valence-corrected chi connectivity index (χ4v) is 2.14. The predicted molar refractivity (Wildman–Crippen MR) is 86.6 cm³/mol. The van der Waals surface area contributed by atoms with Crippen molar-refractivity contribution < 1.29 is 9.53 Å². The first kappa shape index (κ1) is 16.1. The number of aryl methyl sites for hydroxylation is 1. The number of nitrogens with zero attached hydrogens (tertiary/aromatic N) is 2. The highest BCUT2D eigenvalue weighted by molar-refractivity contribution is 5.92. The van der Waals surface area contributed by atoms with Gasteiger partial charge in [0.2, 0.25) is 0 Å². The molecule has 1 N–H and O–H groups in total. The Morgan fingerprint density at radius 2 is 2.00 bits per heavy atom. The van der Waals surface area contributed by atoms with Crippen LogP contribution in [0.15, 0.2) is 30.3 Å². The topological polar surface area (TPSA) is 56.2 Å². The molecular formula is C17H23N3O2. The molecule has 2 rings (SSSR count). The van der Waals surface area contributed by atoms with Crippen molar-refractivity contribution in [3.05, 3.63) is 41.7 Å². The smallest absolute Gasteiger partial charge is 0.271 e. The molecule has 0 radical (unpaired) electrons. The molecule has 1 heterocycles. The summed E-state index contributed by atoms with van der Waals surface area (Å²) < 4.78 is 6.91. The minimum absolute atomic E-state index is 0.129. The molecule has 1 aromatic heterocycles. The van der Waals surface area contributed by atoms with Crippen LogP contribution in [-0.4, -0.2) is 29.3 Å². The Hall–Kier alpha value is -2.30. The van der Waals surface area contributed by atoms with Gasteiger partial charge in [0.25, 0.3) is 5.91 Å². The van der Waals surface area contributed by atoms with E-state index in [9.17, 15) is 4.79 Å². The summed E-state index contributed by atoms with van der Waals surface area (Å²) >= 11 is 0. The second-order valence-corrected chi connectivity index (χ2v) is 5.72. The maximum absolute atomic E-state index is 12.1. The van der Waals surface area contributed by atoms with E-state index in [1.807, 2.05) is 31.2 Å². The van der Waals surface area contributed by atoms with Crippen LogP contribution in [0.2, 0.25) is 0 Å². The molecule has 22 heavy (non-hydrogen) atoms. The molecule has 5 nitrogen and oxygen atoms in total. The summed E-state index contributed by atoms with van der Waals surface area (Å²) in [5, 5.41) is 7.30. The van der Waals surface area contributed by atoms with Crippen molar-refractivity contribution in [3.8, 4) is 11.4 Å². The van der Waals surface area contributed by atoms with E-state index in [2.05, 4.69) is 24.3 Å². The van der Waals surface area contributed by atoms with Crippen LogP contribution in [0.4, 0.5) is 0 Å². The molecule has 0 aliphatic carbocycles. The van der Waals surface area contributed by atoms with Crippen molar-refractivity contribution in [2.75, 3.05) is 13.7 Å². The molecule has 0 bridgehead atoms. The summed E-state index contributed by atoms with van der Waals surface area (Å²) in [6, 6.07) is 9.38. The minimum Gasteiger partial charge on any atom is -0.497 e. The van der Waals surface area contributed by atoms with E-state index >= 15 is 0 Å². The Balaban J connectivity index is 2.11. The Morgan fingerprint density at radius 3 is 2.59 bits per heavy atom. The average Bonchev–Trinajstić information content (AvgIpc) is 2.89. The summed E-state index contributed by atoms with van der Waals surface area (Å²) in [6.07, 6.45) is 0.962. The molecule has 0 fully saturated rings. The van der Waals surface area contributed by atoms with E-state index in [0.29, 0.717) is 18.2 Å². The van der Waals surface area contributed by atoms with Gasteiger partial charge in [-0.05, 0) is 49.6 Å². The number of methoxy groups -OCH3 is 1. The SMILES string of the molecule is COc1ccc(-n2nc(C(=O)NCCC(C)C)cc2C)cc1. The Labute approximate surface area is 131 Å². The van der Waals surface area contributed by atoms with Crippen LogP contribution in [0.3, 0.4) is 0 Å². The monoisotopic (exact) mass is 301 g/mol. The fraction of sp³-hybridized carbons (Fsp3) is 0.412. The van der Waals surface area contributed by atoms with Crippen molar-refractivity contribution in [1.82, 2.24) is 15.1 Å². The molecule has 2 aromatic rings. The lowest BCUT2D eigenvalue weighted by Crippen LogP contribution is -2.25. The molecule has 0 spiro atoms. The van der Waals surface area contributed by atoms with E-state index < -0.39 is 0 Å². The third-order valence-corrected chi connectivity index (χ3v) is 3.44. The largest absolute Gasteiger partial charge is 0.497 e. The molecule has 0 saturated heterocycles. The lowest BCUT2D eigenvalue weighted by atomic mass is 10.1. The predicted octanol–water partition coefficient (Wildman–Crippen LogP) is 2.97. The first-order valence-electron chi connectivity index (χ1n) is 7.50. The zero-order valence-corrected chi connectivity index (χ0v) is 13.6. The van der Waals surface area contributed by atoms with Crippen molar-refractivity contribution in [2.24, 2.45) is 5.92 Å². The summed E-state index contributed by atoms with van der Waals surface area (Å²) in [5.41, 5.74) is 2.26. The van der Waals surface area contributed by atoms with E-state index in [1.165, 1.54) is 0 Å². The highest BCUT2D eigenvalue weighted by Gasteiger charge is 2.13. The van der Waals surface area contributed by atoms with Crippen LogP contribution in [-0.2, 0) is 0 Å². The molecule has 0 atom stereocenters. The van der Waals surface area contributed by atoms with Crippen LogP contribution in [0, 0.1) is 12.8 Å². The molecule has 1 aromatic carbocycles. The molecule has 0 saturated carbocycles. The zero-order chi connectivity index (χ0) is 16.1. The van der Waals surface area contributed by atoms with Crippen molar-refractivity contribution in [2.45, 2.75) is 27.2 Å². The average molecular weight is 301 g/mol. The number of ether oxygens (including phenoxy) is 1. The number of nitrogens with one attached hydrogen (secondary N) is 1. The first-order valence-corrected chi connectivity index (χ1v) is 7.50. The number of benzene rings is 1. The highest BCUT2D eigenvalue weighted by Crippen LogP contribution is 2.16. The molecule has 0 aliphatic heterocycles. The number of carbonyl (C=O) groups is 1. The number of amides is 1. The molecule has 0 aliphatic rings. The van der Waals surface area contributed by atoms with Crippen LogP contribution in [0.25, 0.3) is 5.69 Å². The summed E-state index contributed by atoms with van der Waals surface area (Å²) in [4.78, 5) is 12.1. The zero-order valence-electron chi connectivity index (χ0n) is 13.6. The number of aromatic nitrogens is 2. The summed E-state index contributed by atoms with van der Waals surface area (Å²) in [6.45, 7) is 6.87. The molecule has 118 valence electrons. The third kappa shape index (κ3) is 3.87. The van der Waals surface area contributed by atoms with Crippen LogP contribution in [0.5, 0.6) is 5.75 Å². The quantitative estimate of drug-likeness (QED) is 0.892. The Morgan fingerprint density at radius 1 is 1.32 bits per heavy atom. The second kappa shape index (κ2) is 7.11. The van der Waals surface area contributed by atoms with Gasteiger partial charge in [0.15, 0.2) is 5.69 Å². The first-order chi connectivity index (χ1) is 10.5. The molecule has 0 unspecified atom stereocenters. The normalized spacial score (nSPS) is 10.8. The third-order valence-electron chi connectivity index (χ3n) is 3.44. The summed E-state index contributed by atoms with van der Waals surface area (Å²) in [5.74, 6) is 1.23. The van der Waals surface area contributed by atoms with Crippen LogP contribution in [0.1, 0.15) is 36.5 Å². The van der Waals surface area contributed by atoms with E-state index in [-0.39, 0.29) is 5.91 Å². The number of hydrogen-bond acceptors (Lipinski definition) is 3. The van der Waals surface area contributed by atoms with Crippen molar-refractivity contribution in [1.29, 1.82) is 0 Å². The lowest BCUT2D eigenvalue weighted by Gasteiger charge is -2.06. The standard InChI is InChI=1S/C17H23N3O2/c1-12(2)9-10-18-17(21)16-11-13(3)20(19-16)14-5-7-15(22-4)8-6-14/h5-8,11-12H,9-10H2,1-4H3,(H,18,21). The van der Waals surface area contributed by atoms with Gasteiger partial charge in [-0.2, -0.15) is 5.10 Å². The molecular weight excluding hydrogens is 278 g/mol. The van der Waals surface area contributed by atoms with Gasteiger partial charge in [-0.25, -0.2) is 4.68 Å². The van der Waals surface area contributed by atoms with Gasteiger partial charge >= 0.3 is 0 Å². The Kier molecular flexibility index (Phi) is 5.20. The molecule has 5 heteroatoms. The molecule has 1 amide bonds. The van der Waals surface area contributed by atoms with Gasteiger partial charge in [-0.1, -0.05) is 13.8 Å². The van der Waals surface area contributed by atoms with Gasteiger partial charge in [0.1, 0.15) is 5.75 Å². The van der Waals surface area contributed by atoms with Crippen molar-refractivity contribution in [3.63, 3.8) is 0 Å². The van der Waals surface area contributed by atoms with Crippen LogP contribution >= 0.6 is 0 Å². The van der Waals surface area contributed by atoms with Gasteiger partial charge in [0, 0.05) is 12.2 Å².